The molecule has 0 saturated heterocycles. The fraction of sp³-hybridized carbons (Fsp3) is 0.348. The molecule has 0 aliphatic heterocycles. The standard InChI is InChI=1S/C23H28N2O3/c1-4-18(16-19-10-6-5-7-11-19)14-13-17(2)21(23(27)28-3)25-22(26)20-12-8-9-15-24-20/h5-12,15-17,21H,4,13-14H2,1-3H3,(H,25,26)/b18-16+/t17-,21-/m0/s1. The second-order valence-electron chi connectivity index (χ2n) is 6.77. The van der Waals surface area contributed by atoms with E-state index in [4.69, 9.17) is 4.74 Å². The van der Waals surface area contributed by atoms with Crippen LogP contribution in [0.25, 0.3) is 6.08 Å². The lowest BCUT2D eigenvalue weighted by Crippen LogP contribution is -2.46. The molecule has 1 heterocycles. The minimum absolute atomic E-state index is 0.0779. The molecule has 2 atom stereocenters. The average molecular weight is 380 g/mol. The van der Waals surface area contributed by atoms with Gasteiger partial charge in [0.25, 0.3) is 5.91 Å². The second kappa shape index (κ2) is 11.0. The Morgan fingerprint density at radius 3 is 2.46 bits per heavy atom. The number of pyridine rings is 1. The van der Waals surface area contributed by atoms with Gasteiger partial charge >= 0.3 is 5.97 Å². The minimum Gasteiger partial charge on any atom is -0.467 e. The summed E-state index contributed by atoms with van der Waals surface area (Å²) in [5.74, 6) is -0.897. The molecule has 0 saturated carbocycles. The summed E-state index contributed by atoms with van der Waals surface area (Å²) >= 11 is 0. The Morgan fingerprint density at radius 2 is 1.86 bits per heavy atom. The van der Waals surface area contributed by atoms with Crippen LogP contribution in [-0.4, -0.2) is 30.0 Å². The highest BCUT2D eigenvalue weighted by Gasteiger charge is 2.28. The first-order valence-electron chi connectivity index (χ1n) is 9.59. The number of benzene rings is 1. The Balaban J connectivity index is 2.04. The van der Waals surface area contributed by atoms with Crippen molar-refractivity contribution in [2.24, 2.45) is 5.92 Å². The van der Waals surface area contributed by atoms with Gasteiger partial charge in [-0.25, -0.2) is 4.79 Å². The van der Waals surface area contributed by atoms with Crippen LogP contribution in [0.1, 0.15) is 49.2 Å². The molecule has 148 valence electrons. The van der Waals surface area contributed by atoms with Crippen molar-refractivity contribution in [3.05, 3.63) is 71.6 Å². The van der Waals surface area contributed by atoms with E-state index in [0.717, 1.165) is 19.3 Å². The minimum atomic E-state index is -0.714. The molecule has 0 spiro atoms. The molecule has 0 bridgehead atoms. The first-order valence-corrected chi connectivity index (χ1v) is 9.59. The van der Waals surface area contributed by atoms with E-state index < -0.39 is 12.0 Å². The van der Waals surface area contributed by atoms with Gasteiger partial charge in [0.15, 0.2) is 0 Å². The van der Waals surface area contributed by atoms with Crippen molar-refractivity contribution >= 4 is 18.0 Å². The highest BCUT2D eigenvalue weighted by Crippen LogP contribution is 2.21. The molecule has 0 aliphatic carbocycles. The summed E-state index contributed by atoms with van der Waals surface area (Å²) in [6.45, 7) is 4.08. The maximum absolute atomic E-state index is 12.4. The van der Waals surface area contributed by atoms with Gasteiger partial charge in [-0.15, -0.1) is 0 Å². The number of aromatic nitrogens is 1. The summed E-state index contributed by atoms with van der Waals surface area (Å²) in [7, 11) is 1.34. The van der Waals surface area contributed by atoms with Gasteiger partial charge in [-0.2, -0.15) is 0 Å². The lowest BCUT2D eigenvalue weighted by atomic mass is 9.92. The second-order valence-corrected chi connectivity index (χ2v) is 6.77. The van der Waals surface area contributed by atoms with Crippen LogP contribution in [0.15, 0.2) is 60.3 Å². The van der Waals surface area contributed by atoms with E-state index in [1.54, 1.807) is 24.4 Å². The van der Waals surface area contributed by atoms with Crippen LogP contribution in [0, 0.1) is 5.92 Å². The normalized spacial score (nSPS) is 13.5. The summed E-state index contributed by atoms with van der Waals surface area (Å²) < 4.78 is 4.91. The molecular formula is C23H28N2O3. The molecular weight excluding hydrogens is 352 g/mol. The van der Waals surface area contributed by atoms with Crippen molar-refractivity contribution in [3.63, 3.8) is 0 Å². The number of esters is 1. The van der Waals surface area contributed by atoms with Crippen LogP contribution < -0.4 is 5.32 Å². The lowest BCUT2D eigenvalue weighted by molar-refractivity contribution is -0.144. The molecule has 0 aliphatic rings. The van der Waals surface area contributed by atoms with E-state index >= 15 is 0 Å². The number of amides is 1. The Bertz CT molecular complexity index is 788. The molecule has 28 heavy (non-hydrogen) atoms. The van der Waals surface area contributed by atoms with Gasteiger partial charge in [0, 0.05) is 6.20 Å². The summed E-state index contributed by atoms with van der Waals surface area (Å²) in [5.41, 5.74) is 2.75. The van der Waals surface area contributed by atoms with Crippen molar-refractivity contribution < 1.29 is 14.3 Å². The van der Waals surface area contributed by atoms with E-state index in [1.165, 1.54) is 18.2 Å². The molecule has 1 amide bonds. The third kappa shape index (κ3) is 6.34. The Labute approximate surface area is 166 Å². The molecule has 2 aromatic rings. The van der Waals surface area contributed by atoms with Gasteiger partial charge in [-0.05, 0) is 42.9 Å². The van der Waals surface area contributed by atoms with Gasteiger partial charge in [0.1, 0.15) is 11.7 Å². The number of rotatable bonds is 9. The fourth-order valence-corrected chi connectivity index (χ4v) is 2.99. The topological polar surface area (TPSA) is 68.3 Å². The molecule has 2 rings (SSSR count). The van der Waals surface area contributed by atoms with E-state index in [2.05, 4.69) is 35.4 Å². The highest BCUT2D eigenvalue weighted by atomic mass is 16.5. The van der Waals surface area contributed by atoms with Crippen LogP contribution in [-0.2, 0) is 9.53 Å². The van der Waals surface area contributed by atoms with Crippen LogP contribution in [0.4, 0.5) is 0 Å². The number of nitrogens with zero attached hydrogens (tertiary/aromatic N) is 1. The van der Waals surface area contributed by atoms with Crippen molar-refractivity contribution in [1.82, 2.24) is 10.3 Å². The predicted molar refractivity (Wildman–Crippen MR) is 111 cm³/mol. The molecule has 1 N–H and O–H groups in total. The highest BCUT2D eigenvalue weighted by molar-refractivity contribution is 5.95. The van der Waals surface area contributed by atoms with Crippen LogP contribution >= 0.6 is 0 Å². The number of methoxy groups -OCH3 is 1. The predicted octanol–water partition coefficient (Wildman–Crippen LogP) is 4.26. The molecule has 5 heteroatoms. The number of allylic oxidation sites excluding steroid dienone is 1. The van der Waals surface area contributed by atoms with Crippen molar-refractivity contribution in [2.75, 3.05) is 7.11 Å². The van der Waals surface area contributed by atoms with E-state index in [1.807, 2.05) is 25.1 Å². The van der Waals surface area contributed by atoms with Crippen LogP contribution in [0.3, 0.4) is 0 Å². The van der Waals surface area contributed by atoms with Crippen molar-refractivity contribution in [1.29, 1.82) is 0 Å². The number of ether oxygens (including phenoxy) is 1. The largest absolute Gasteiger partial charge is 0.467 e. The van der Waals surface area contributed by atoms with Gasteiger partial charge in [-0.3, -0.25) is 9.78 Å². The zero-order valence-corrected chi connectivity index (χ0v) is 16.7. The fourth-order valence-electron chi connectivity index (χ4n) is 2.99. The third-order valence-corrected chi connectivity index (χ3v) is 4.75. The van der Waals surface area contributed by atoms with Gasteiger partial charge in [0.05, 0.1) is 7.11 Å². The number of carbonyl (C=O) groups excluding carboxylic acids is 2. The molecule has 1 aromatic carbocycles. The molecule has 1 aromatic heterocycles. The molecule has 0 fully saturated rings. The van der Waals surface area contributed by atoms with Gasteiger partial charge in [0.2, 0.25) is 0 Å². The number of hydrogen-bond acceptors (Lipinski definition) is 4. The molecule has 5 nitrogen and oxygen atoms in total. The maximum Gasteiger partial charge on any atom is 0.328 e. The zero-order valence-electron chi connectivity index (χ0n) is 16.7. The first kappa shape index (κ1) is 21.4. The maximum atomic E-state index is 12.4. The summed E-state index contributed by atoms with van der Waals surface area (Å²) in [6, 6.07) is 14.6. The van der Waals surface area contributed by atoms with Crippen LogP contribution in [0.5, 0.6) is 0 Å². The SMILES string of the molecule is CC/C(=C\c1ccccc1)CC[C@H](C)[C@H](NC(=O)c1ccccn1)C(=O)OC. The number of nitrogens with one attached hydrogen (secondary N) is 1. The average Bonchev–Trinajstić information content (AvgIpc) is 2.75. The van der Waals surface area contributed by atoms with Crippen molar-refractivity contribution in [3.8, 4) is 0 Å². The number of carbonyl (C=O) groups is 2. The monoisotopic (exact) mass is 380 g/mol. The Morgan fingerprint density at radius 1 is 1.14 bits per heavy atom. The van der Waals surface area contributed by atoms with E-state index in [9.17, 15) is 9.59 Å². The van der Waals surface area contributed by atoms with Crippen molar-refractivity contribution in [2.45, 2.75) is 39.2 Å². The van der Waals surface area contributed by atoms with Gasteiger partial charge in [-0.1, -0.05) is 61.9 Å². The first-order chi connectivity index (χ1) is 13.5. The molecule has 0 unspecified atom stereocenters. The van der Waals surface area contributed by atoms with Crippen LogP contribution in [0.2, 0.25) is 0 Å². The molecule has 0 radical (unpaired) electrons. The quantitative estimate of drug-likeness (QED) is 0.660. The Kier molecular flexibility index (Phi) is 8.40. The summed E-state index contributed by atoms with van der Waals surface area (Å²) in [5, 5.41) is 2.78. The van der Waals surface area contributed by atoms with E-state index in [0.29, 0.717) is 0 Å². The third-order valence-electron chi connectivity index (χ3n) is 4.75. The Hall–Kier alpha value is -2.95. The summed E-state index contributed by atoms with van der Waals surface area (Å²) in [6.07, 6.45) is 6.28. The zero-order chi connectivity index (χ0) is 20.4. The van der Waals surface area contributed by atoms with Gasteiger partial charge < -0.3 is 10.1 Å². The smallest absolute Gasteiger partial charge is 0.328 e. The number of hydrogen-bond donors (Lipinski definition) is 1. The summed E-state index contributed by atoms with van der Waals surface area (Å²) in [4.78, 5) is 28.7. The van der Waals surface area contributed by atoms with E-state index in [-0.39, 0.29) is 17.5 Å². The lowest BCUT2D eigenvalue weighted by Gasteiger charge is -2.23.